The Balaban J connectivity index is 2.13. The van der Waals surface area contributed by atoms with Crippen molar-refractivity contribution in [3.05, 3.63) is 24.0 Å². The average Bonchev–Trinajstić information content (AvgIpc) is 2.78. The van der Waals surface area contributed by atoms with Crippen molar-refractivity contribution in [3.63, 3.8) is 0 Å². The molecule has 19 heavy (non-hydrogen) atoms. The Morgan fingerprint density at radius 3 is 2.95 bits per heavy atom. The summed E-state index contributed by atoms with van der Waals surface area (Å²) >= 11 is 0. The molecule has 1 atom stereocenters. The van der Waals surface area contributed by atoms with Crippen molar-refractivity contribution in [3.8, 4) is 0 Å². The first-order chi connectivity index (χ1) is 9.15. The summed E-state index contributed by atoms with van der Waals surface area (Å²) in [5.74, 6) is -0.466. The zero-order valence-corrected chi connectivity index (χ0v) is 10.3. The van der Waals surface area contributed by atoms with Crippen LogP contribution in [0.25, 0.3) is 0 Å². The number of benzene rings is 1. The van der Waals surface area contributed by atoms with Gasteiger partial charge < -0.3 is 20.9 Å². The second-order valence-electron chi connectivity index (χ2n) is 4.18. The predicted octanol–water partition coefficient (Wildman–Crippen LogP) is 0.514. The molecule has 4 N–H and O–H groups in total. The number of aliphatic hydroxyl groups is 1. The number of nitrogens with one attached hydrogen (secondary N) is 1. The summed E-state index contributed by atoms with van der Waals surface area (Å²) in [6, 6.07) is 4.41. The van der Waals surface area contributed by atoms with E-state index in [1.807, 2.05) is 0 Å². The van der Waals surface area contributed by atoms with Gasteiger partial charge in [0, 0.05) is 13.1 Å². The van der Waals surface area contributed by atoms with Crippen LogP contribution >= 0.6 is 0 Å². The van der Waals surface area contributed by atoms with Gasteiger partial charge in [-0.25, -0.2) is 9.18 Å². The highest BCUT2D eigenvalue weighted by molar-refractivity contribution is 5.90. The Hall–Kier alpha value is -1.86. The van der Waals surface area contributed by atoms with Crippen molar-refractivity contribution in [2.24, 2.45) is 5.73 Å². The number of cyclic esters (lactones) is 1. The maximum absolute atomic E-state index is 13.8. The van der Waals surface area contributed by atoms with Gasteiger partial charge in [-0.15, -0.1) is 0 Å². The summed E-state index contributed by atoms with van der Waals surface area (Å²) in [6.45, 7) is 0.831. The molecule has 1 fully saturated rings. The van der Waals surface area contributed by atoms with Crippen LogP contribution in [0.4, 0.5) is 20.6 Å². The second-order valence-corrected chi connectivity index (χ2v) is 4.18. The second kappa shape index (κ2) is 5.85. The standard InChI is InChI=1S/C12H16FN3O3/c13-10-5-8(1-2-11(10)15-4-3-14)16-6-9(7-17)19-12(16)18/h1-2,5,9,15,17H,3-4,6-7,14H2/t9-/m1/s1. The molecule has 0 radical (unpaired) electrons. The highest BCUT2D eigenvalue weighted by Crippen LogP contribution is 2.25. The fraction of sp³-hybridized carbons (Fsp3) is 0.417. The molecule has 7 heteroatoms. The smallest absolute Gasteiger partial charge is 0.414 e. The normalized spacial score (nSPS) is 18.6. The Bertz CT molecular complexity index is 470. The Kier molecular flexibility index (Phi) is 4.18. The number of hydrogen-bond acceptors (Lipinski definition) is 5. The molecule has 1 aromatic rings. The zero-order valence-electron chi connectivity index (χ0n) is 10.3. The van der Waals surface area contributed by atoms with Gasteiger partial charge in [-0.3, -0.25) is 4.90 Å². The zero-order chi connectivity index (χ0) is 13.8. The van der Waals surface area contributed by atoms with Gasteiger partial charge in [-0.1, -0.05) is 0 Å². The summed E-state index contributed by atoms with van der Waals surface area (Å²) in [7, 11) is 0. The number of hydrogen-bond donors (Lipinski definition) is 3. The number of carbonyl (C=O) groups excluding carboxylic acids is 1. The number of halogens is 1. The van der Waals surface area contributed by atoms with E-state index in [0.29, 0.717) is 24.5 Å². The Labute approximate surface area is 109 Å². The summed E-state index contributed by atoms with van der Waals surface area (Å²) in [5, 5.41) is 11.8. The first-order valence-corrected chi connectivity index (χ1v) is 5.98. The van der Waals surface area contributed by atoms with E-state index < -0.39 is 18.0 Å². The Morgan fingerprint density at radius 2 is 2.37 bits per heavy atom. The molecule has 6 nitrogen and oxygen atoms in total. The van der Waals surface area contributed by atoms with Crippen LogP contribution < -0.4 is 16.0 Å². The number of carbonyl (C=O) groups is 1. The molecule has 1 aliphatic heterocycles. The van der Waals surface area contributed by atoms with Crippen LogP contribution in [0.3, 0.4) is 0 Å². The first-order valence-electron chi connectivity index (χ1n) is 5.98. The maximum atomic E-state index is 13.8. The van der Waals surface area contributed by atoms with E-state index >= 15 is 0 Å². The van der Waals surface area contributed by atoms with Crippen molar-refractivity contribution in [2.75, 3.05) is 36.5 Å². The van der Waals surface area contributed by atoms with Gasteiger partial charge in [-0.2, -0.15) is 0 Å². The Morgan fingerprint density at radius 1 is 1.58 bits per heavy atom. The maximum Gasteiger partial charge on any atom is 0.414 e. The molecular formula is C12H16FN3O3. The van der Waals surface area contributed by atoms with Crippen LogP contribution in [-0.2, 0) is 4.74 Å². The minimum atomic E-state index is -0.582. The number of ether oxygens (including phenoxy) is 1. The van der Waals surface area contributed by atoms with Crippen LogP contribution in [0.5, 0.6) is 0 Å². The van der Waals surface area contributed by atoms with Crippen molar-refractivity contribution in [1.29, 1.82) is 0 Å². The molecule has 2 rings (SSSR count). The molecule has 0 saturated carbocycles. The molecule has 1 aromatic carbocycles. The lowest BCUT2D eigenvalue weighted by Crippen LogP contribution is -2.25. The summed E-state index contributed by atoms with van der Waals surface area (Å²) < 4.78 is 18.7. The molecule has 1 heterocycles. The number of amides is 1. The largest absolute Gasteiger partial charge is 0.441 e. The van der Waals surface area contributed by atoms with Crippen LogP contribution in [0.2, 0.25) is 0 Å². The molecule has 0 spiro atoms. The topological polar surface area (TPSA) is 87.8 Å². The van der Waals surface area contributed by atoms with Crippen LogP contribution in [-0.4, -0.2) is 43.5 Å². The van der Waals surface area contributed by atoms with E-state index in [1.165, 1.54) is 11.0 Å². The van der Waals surface area contributed by atoms with E-state index in [9.17, 15) is 9.18 Å². The third-order valence-corrected chi connectivity index (χ3v) is 2.80. The molecule has 1 aliphatic rings. The highest BCUT2D eigenvalue weighted by Gasteiger charge is 2.32. The van der Waals surface area contributed by atoms with E-state index in [4.69, 9.17) is 15.6 Å². The van der Waals surface area contributed by atoms with Crippen molar-refractivity contribution >= 4 is 17.5 Å². The summed E-state index contributed by atoms with van der Waals surface area (Å²) in [6.07, 6.45) is -1.15. The quantitative estimate of drug-likeness (QED) is 0.725. The fourth-order valence-electron chi connectivity index (χ4n) is 1.85. The third kappa shape index (κ3) is 2.94. The van der Waals surface area contributed by atoms with E-state index in [2.05, 4.69) is 5.32 Å². The van der Waals surface area contributed by atoms with Gasteiger partial charge in [0.1, 0.15) is 11.9 Å². The van der Waals surface area contributed by atoms with Crippen molar-refractivity contribution in [2.45, 2.75) is 6.10 Å². The SMILES string of the molecule is NCCNc1ccc(N2C[C@H](CO)OC2=O)cc1F. The number of aliphatic hydroxyl groups excluding tert-OH is 1. The molecule has 0 bridgehead atoms. The minimum absolute atomic E-state index is 0.213. The molecule has 0 aliphatic carbocycles. The van der Waals surface area contributed by atoms with Gasteiger partial charge >= 0.3 is 6.09 Å². The fourth-order valence-corrected chi connectivity index (χ4v) is 1.85. The molecule has 0 aromatic heterocycles. The third-order valence-electron chi connectivity index (χ3n) is 2.80. The summed E-state index contributed by atoms with van der Waals surface area (Å²) in [4.78, 5) is 12.8. The van der Waals surface area contributed by atoms with Crippen LogP contribution in [0.15, 0.2) is 18.2 Å². The van der Waals surface area contributed by atoms with Gasteiger partial charge in [0.25, 0.3) is 0 Å². The van der Waals surface area contributed by atoms with E-state index in [0.717, 1.165) is 0 Å². The number of nitrogens with zero attached hydrogens (tertiary/aromatic N) is 1. The van der Waals surface area contributed by atoms with Crippen LogP contribution in [0.1, 0.15) is 0 Å². The highest BCUT2D eigenvalue weighted by atomic mass is 19.1. The van der Waals surface area contributed by atoms with Gasteiger partial charge in [0.15, 0.2) is 0 Å². The lowest BCUT2D eigenvalue weighted by molar-refractivity contribution is 0.0963. The van der Waals surface area contributed by atoms with Crippen molar-refractivity contribution in [1.82, 2.24) is 0 Å². The lowest BCUT2D eigenvalue weighted by Gasteiger charge is -2.14. The number of anilines is 2. The number of rotatable bonds is 5. The molecule has 0 unspecified atom stereocenters. The lowest BCUT2D eigenvalue weighted by atomic mass is 10.2. The number of nitrogens with two attached hydrogens (primary N) is 1. The van der Waals surface area contributed by atoms with Crippen LogP contribution in [0, 0.1) is 5.82 Å². The van der Waals surface area contributed by atoms with Gasteiger partial charge in [0.2, 0.25) is 0 Å². The first kappa shape index (κ1) is 13.6. The van der Waals surface area contributed by atoms with E-state index in [1.54, 1.807) is 12.1 Å². The van der Waals surface area contributed by atoms with Gasteiger partial charge in [-0.05, 0) is 18.2 Å². The van der Waals surface area contributed by atoms with E-state index in [-0.39, 0.29) is 13.2 Å². The average molecular weight is 269 g/mol. The molecule has 104 valence electrons. The van der Waals surface area contributed by atoms with Gasteiger partial charge in [0.05, 0.1) is 24.5 Å². The molecular weight excluding hydrogens is 253 g/mol. The van der Waals surface area contributed by atoms with Crippen molar-refractivity contribution < 1.29 is 19.0 Å². The summed E-state index contributed by atoms with van der Waals surface area (Å²) in [5.41, 5.74) is 6.06. The molecule has 1 saturated heterocycles. The predicted molar refractivity (Wildman–Crippen MR) is 68.6 cm³/mol. The minimum Gasteiger partial charge on any atom is -0.441 e. The monoisotopic (exact) mass is 269 g/mol. The molecule has 1 amide bonds.